The molecule has 0 radical (unpaired) electrons. The van der Waals surface area contributed by atoms with Crippen molar-refractivity contribution in [1.29, 1.82) is 0 Å². The van der Waals surface area contributed by atoms with Crippen LogP contribution in [0.2, 0.25) is 0 Å². The summed E-state index contributed by atoms with van der Waals surface area (Å²) in [5.74, 6) is 0.835. The number of hydrogen-bond acceptors (Lipinski definition) is 3. The van der Waals surface area contributed by atoms with Crippen LogP contribution in [-0.2, 0) is 0 Å². The van der Waals surface area contributed by atoms with E-state index in [1.54, 1.807) is 0 Å². The fourth-order valence-electron chi connectivity index (χ4n) is 1.88. The van der Waals surface area contributed by atoms with Crippen LogP contribution in [-0.4, -0.2) is 28.4 Å². The van der Waals surface area contributed by atoms with Crippen molar-refractivity contribution in [1.82, 2.24) is 9.97 Å². The van der Waals surface area contributed by atoms with Gasteiger partial charge in [-0.05, 0) is 12.5 Å². The smallest absolute Gasteiger partial charge is 0.225 e. The van der Waals surface area contributed by atoms with Crippen LogP contribution in [0.5, 0.6) is 0 Å². The Hall–Kier alpha value is -1.16. The average Bonchev–Trinajstić information content (AvgIpc) is 2.43. The van der Waals surface area contributed by atoms with Gasteiger partial charge >= 0.3 is 0 Å². The molecular weight excluding hydrogens is 290 g/mol. The highest BCUT2D eigenvalue weighted by Crippen LogP contribution is 2.15. The zero-order valence-corrected chi connectivity index (χ0v) is 12.2. The third-order valence-electron chi connectivity index (χ3n) is 2.90. The highest BCUT2D eigenvalue weighted by molar-refractivity contribution is 9.09. The molecule has 1 aromatic carbocycles. The summed E-state index contributed by atoms with van der Waals surface area (Å²) in [7, 11) is 0. The van der Waals surface area contributed by atoms with Gasteiger partial charge in [-0.1, -0.05) is 47.5 Å². The molecule has 0 amide bonds. The predicted molar refractivity (Wildman–Crippen MR) is 80.5 cm³/mol. The molecule has 0 bridgehead atoms. The van der Waals surface area contributed by atoms with E-state index in [2.05, 4.69) is 37.7 Å². The van der Waals surface area contributed by atoms with Crippen molar-refractivity contribution in [2.75, 3.05) is 23.3 Å². The zero-order valence-electron chi connectivity index (χ0n) is 10.6. The van der Waals surface area contributed by atoms with Gasteiger partial charge in [0.05, 0.1) is 5.52 Å². The molecule has 0 aliphatic heterocycles. The number of hydrogen-bond donors (Lipinski definition) is 0. The fraction of sp³-hybridized carbons (Fsp3) is 0.429. The third kappa shape index (κ3) is 3.19. The molecule has 1 heterocycles. The van der Waals surface area contributed by atoms with E-state index in [1.807, 2.05) is 30.5 Å². The molecule has 96 valence electrons. The Balaban J connectivity index is 2.25. The normalized spacial score (nSPS) is 10.8. The summed E-state index contributed by atoms with van der Waals surface area (Å²) in [5, 5.41) is 2.03. The molecule has 0 N–H and O–H groups in total. The van der Waals surface area contributed by atoms with Crippen molar-refractivity contribution in [3.63, 3.8) is 0 Å². The van der Waals surface area contributed by atoms with E-state index in [1.165, 1.54) is 12.8 Å². The van der Waals surface area contributed by atoms with Gasteiger partial charge < -0.3 is 4.90 Å². The molecule has 0 aliphatic carbocycles. The second-order valence-electron chi connectivity index (χ2n) is 4.26. The maximum atomic E-state index is 4.64. The lowest BCUT2D eigenvalue weighted by Crippen LogP contribution is -2.28. The maximum Gasteiger partial charge on any atom is 0.225 e. The first-order valence-corrected chi connectivity index (χ1v) is 7.50. The number of alkyl halides is 1. The number of benzene rings is 1. The van der Waals surface area contributed by atoms with E-state index < -0.39 is 0 Å². The monoisotopic (exact) mass is 307 g/mol. The number of fused-ring (bicyclic) bond motifs is 1. The van der Waals surface area contributed by atoms with Gasteiger partial charge in [0.2, 0.25) is 5.95 Å². The van der Waals surface area contributed by atoms with Crippen molar-refractivity contribution in [2.45, 2.75) is 19.8 Å². The summed E-state index contributed by atoms with van der Waals surface area (Å²) < 4.78 is 0. The second kappa shape index (κ2) is 6.69. The number of rotatable bonds is 6. The maximum absolute atomic E-state index is 4.64. The molecular formula is C14H18BrN3. The van der Waals surface area contributed by atoms with Crippen LogP contribution in [0.4, 0.5) is 5.95 Å². The van der Waals surface area contributed by atoms with Gasteiger partial charge in [-0.15, -0.1) is 0 Å². The summed E-state index contributed by atoms with van der Waals surface area (Å²) in [6.07, 6.45) is 4.26. The van der Waals surface area contributed by atoms with Crippen molar-refractivity contribution in [2.24, 2.45) is 0 Å². The first kappa shape index (κ1) is 13.3. The van der Waals surface area contributed by atoms with Crippen LogP contribution in [0.3, 0.4) is 0 Å². The summed E-state index contributed by atoms with van der Waals surface area (Å²) in [4.78, 5) is 11.4. The molecule has 0 atom stereocenters. The van der Waals surface area contributed by atoms with E-state index in [0.29, 0.717) is 0 Å². The SMILES string of the molecule is CCCCN(CCBr)c1ncc2ccccc2n1. The highest BCUT2D eigenvalue weighted by atomic mass is 79.9. The number of unbranched alkanes of at least 4 members (excludes halogenated alkanes) is 1. The van der Waals surface area contributed by atoms with Gasteiger partial charge in [-0.3, -0.25) is 0 Å². The van der Waals surface area contributed by atoms with Crippen LogP contribution in [0.1, 0.15) is 19.8 Å². The average molecular weight is 308 g/mol. The lowest BCUT2D eigenvalue weighted by atomic mass is 10.2. The molecule has 18 heavy (non-hydrogen) atoms. The second-order valence-corrected chi connectivity index (χ2v) is 5.05. The van der Waals surface area contributed by atoms with Gasteiger partial charge in [-0.2, -0.15) is 0 Å². The number of aromatic nitrogens is 2. The molecule has 0 unspecified atom stereocenters. The lowest BCUT2D eigenvalue weighted by Gasteiger charge is -2.21. The molecule has 0 saturated heterocycles. The number of halogens is 1. The summed E-state index contributed by atoms with van der Waals surface area (Å²) in [6.45, 7) is 4.16. The Morgan fingerprint density at radius 2 is 2.06 bits per heavy atom. The van der Waals surface area contributed by atoms with Crippen molar-refractivity contribution < 1.29 is 0 Å². The van der Waals surface area contributed by atoms with Crippen molar-refractivity contribution in [3.8, 4) is 0 Å². The Kier molecular flexibility index (Phi) is 4.93. The van der Waals surface area contributed by atoms with E-state index in [-0.39, 0.29) is 0 Å². The van der Waals surface area contributed by atoms with Gasteiger partial charge in [0.15, 0.2) is 0 Å². The first-order valence-electron chi connectivity index (χ1n) is 6.38. The molecule has 0 saturated carbocycles. The lowest BCUT2D eigenvalue weighted by molar-refractivity contribution is 0.719. The Morgan fingerprint density at radius 1 is 1.22 bits per heavy atom. The minimum Gasteiger partial charge on any atom is -0.340 e. The Morgan fingerprint density at radius 3 is 2.83 bits per heavy atom. The van der Waals surface area contributed by atoms with Crippen LogP contribution < -0.4 is 4.90 Å². The zero-order chi connectivity index (χ0) is 12.8. The topological polar surface area (TPSA) is 29.0 Å². The fourth-order valence-corrected chi connectivity index (χ4v) is 2.31. The third-order valence-corrected chi connectivity index (χ3v) is 3.25. The molecule has 3 nitrogen and oxygen atoms in total. The van der Waals surface area contributed by atoms with E-state index in [0.717, 1.165) is 35.3 Å². The first-order chi connectivity index (χ1) is 8.85. The number of nitrogens with zero attached hydrogens (tertiary/aromatic N) is 3. The largest absolute Gasteiger partial charge is 0.340 e. The molecule has 1 aromatic heterocycles. The van der Waals surface area contributed by atoms with E-state index >= 15 is 0 Å². The van der Waals surface area contributed by atoms with Gasteiger partial charge in [-0.25, -0.2) is 9.97 Å². The molecule has 4 heteroatoms. The quantitative estimate of drug-likeness (QED) is 0.763. The van der Waals surface area contributed by atoms with Gasteiger partial charge in [0, 0.05) is 30.0 Å². The van der Waals surface area contributed by atoms with E-state index in [9.17, 15) is 0 Å². The minimum absolute atomic E-state index is 0.835. The highest BCUT2D eigenvalue weighted by Gasteiger charge is 2.08. The van der Waals surface area contributed by atoms with Crippen molar-refractivity contribution in [3.05, 3.63) is 30.5 Å². The molecule has 2 aromatic rings. The predicted octanol–water partition coefficient (Wildman–Crippen LogP) is 3.63. The van der Waals surface area contributed by atoms with Crippen LogP contribution in [0.15, 0.2) is 30.5 Å². The van der Waals surface area contributed by atoms with Crippen molar-refractivity contribution >= 4 is 32.8 Å². The van der Waals surface area contributed by atoms with E-state index in [4.69, 9.17) is 0 Å². The minimum atomic E-state index is 0.835. The van der Waals surface area contributed by atoms with Gasteiger partial charge in [0.1, 0.15) is 0 Å². The Labute approximate surface area is 116 Å². The molecule has 2 rings (SSSR count). The number of para-hydroxylation sites is 1. The van der Waals surface area contributed by atoms with Crippen LogP contribution in [0, 0.1) is 0 Å². The standard InChI is InChI=1S/C14H18BrN3/c1-2-3-9-18(10-8-15)14-16-11-12-6-4-5-7-13(12)17-14/h4-7,11H,2-3,8-10H2,1H3. The Bertz CT molecular complexity index is 501. The summed E-state index contributed by atoms with van der Waals surface area (Å²) in [5.41, 5.74) is 1.01. The van der Waals surface area contributed by atoms with Crippen LogP contribution >= 0.6 is 15.9 Å². The van der Waals surface area contributed by atoms with Crippen LogP contribution in [0.25, 0.3) is 10.9 Å². The summed E-state index contributed by atoms with van der Waals surface area (Å²) >= 11 is 3.49. The molecule has 0 spiro atoms. The summed E-state index contributed by atoms with van der Waals surface area (Å²) in [6, 6.07) is 8.10. The molecule has 0 aliphatic rings. The number of anilines is 1. The molecule has 0 fully saturated rings. The van der Waals surface area contributed by atoms with Gasteiger partial charge in [0.25, 0.3) is 0 Å².